The monoisotopic (exact) mass is 237 g/mol. The first-order valence-electron chi connectivity index (χ1n) is 5.66. The van der Waals surface area contributed by atoms with Gasteiger partial charge in [0.2, 0.25) is 5.65 Å². The number of carbonyl (C=O) groups excluding carboxylic acids is 1. The molecule has 0 spiro atoms. The highest BCUT2D eigenvalue weighted by atomic mass is 31.1. The standard InChI is InChI=1S/C13H20NOP/c1-10(2)16(11(3)4)13(15)14-12-8-6-5-7-9-12/h5-11H,1-4H3,(H,14,15). The van der Waals surface area contributed by atoms with Crippen LogP contribution in [-0.4, -0.2) is 17.0 Å². The highest BCUT2D eigenvalue weighted by Crippen LogP contribution is 2.47. The summed E-state index contributed by atoms with van der Waals surface area (Å²) in [5, 5.41) is 2.99. The van der Waals surface area contributed by atoms with Crippen molar-refractivity contribution < 1.29 is 4.79 Å². The minimum Gasteiger partial charge on any atom is -0.322 e. The Labute approximate surface area is 99.2 Å². The first kappa shape index (κ1) is 13.2. The van der Waals surface area contributed by atoms with E-state index in [1.165, 1.54) is 0 Å². The van der Waals surface area contributed by atoms with Crippen molar-refractivity contribution in [2.24, 2.45) is 0 Å². The molecule has 0 bridgehead atoms. The van der Waals surface area contributed by atoms with Gasteiger partial charge in [0.05, 0.1) is 0 Å². The summed E-state index contributed by atoms with van der Waals surface area (Å²) in [6.07, 6.45) is 0. The summed E-state index contributed by atoms with van der Waals surface area (Å²) in [5.41, 5.74) is 1.94. The molecule has 0 saturated heterocycles. The molecule has 1 amide bonds. The predicted molar refractivity (Wildman–Crippen MR) is 72.7 cm³/mol. The number of carbonyl (C=O) groups is 1. The SMILES string of the molecule is CC(C)P(C(=O)Nc1ccccc1)C(C)C. The van der Waals surface area contributed by atoms with Crippen LogP contribution in [-0.2, 0) is 0 Å². The fourth-order valence-electron chi connectivity index (χ4n) is 1.77. The average molecular weight is 237 g/mol. The molecule has 0 heterocycles. The summed E-state index contributed by atoms with van der Waals surface area (Å²) in [5.74, 6) is 0. The van der Waals surface area contributed by atoms with Crippen LogP contribution in [0.5, 0.6) is 0 Å². The fraction of sp³-hybridized carbons (Fsp3) is 0.462. The van der Waals surface area contributed by atoms with Crippen LogP contribution in [0.25, 0.3) is 0 Å². The molecule has 0 aromatic heterocycles. The molecule has 1 rings (SSSR count). The van der Waals surface area contributed by atoms with E-state index in [1.807, 2.05) is 30.3 Å². The van der Waals surface area contributed by atoms with E-state index >= 15 is 0 Å². The van der Waals surface area contributed by atoms with Crippen molar-refractivity contribution >= 4 is 19.3 Å². The topological polar surface area (TPSA) is 29.1 Å². The molecular formula is C13H20NOP. The summed E-state index contributed by atoms with van der Waals surface area (Å²) >= 11 is 0. The lowest BCUT2D eigenvalue weighted by Crippen LogP contribution is -2.17. The van der Waals surface area contributed by atoms with Crippen LogP contribution < -0.4 is 5.32 Å². The summed E-state index contributed by atoms with van der Waals surface area (Å²) < 4.78 is 0. The molecule has 1 N–H and O–H groups in total. The number of hydrogen-bond acceptors (Lipinski definition) is 1. The average Bonchev–Trinajstić information content (AvgIpc) is 2.17. The predicted octanol–water partition coefficient (Wildman–Crippen LogP) is 4.52. The highest BCUT2D eigenvalue weighted by molar-refractivity contribution is 7.76. The van der Waals surface area contributed by atoms with Gasteiger partial charge in [-0.3, -0.25) is 4.79 Å². The number of rotatable bonds is 4. The third-order valence-corrected chi connectivity index (χ3v) is 5.18. The molecule has 0 aliphatic carbocycles. The van der Waals surface area contributed by atoms with Crippen LogP contribution in [0.4, 0.5) is 10.5 Å². The van der Waals surface area contributed by atoms with E-state index < -0.39 is 7.92 Å². The fourth-order valence-corrected chi connectivity index (χ4v) is 4.16. The Hall–Kier alpha value is -0.880. The van der Waals surface area contributed by atoms with Gasteiger partial charge in [-0.05, 0) is 31.4 Å². The lowest BCUT2D eigenvalue weighted by molar-refractivity contribution is 0.268. The van der Waals surface area contributed by atoms with E-state index in [9.17, 15) is 4.79 Å². The maximum absolute atomic E-state index is 12.1. The summed E-state index contributed by atoms with van der Waals surface area (Å²) in [7, 11) is -0.614. The Morgan fingerprint density at radius 1 is 1.06 bits per heavy atom. The zero-order chi connectivity index (χ0) is 12.1. The van der Waals surface area contributed by atoms with Gasteiger partial charge in [0, 0.05) is 5.69 Å². The maximum Gasteiger partial charge on any atom is 0.245 e. The number of amides is 1. The van der Waals surface area contributed by atoms with Gasteiger partial charge in [-0.1, -0.05) is 45.9 Å². The van der Waals surface area contributed by atoms with Crippen molar-refractivity contribution in [1.29, 1.82) is 0 Å². The van der Waals surface area contributed by atoms with Crippen molar-refractivity contribution in [2.75, 3.05) is 5.32 Å². The number of nitrogens with one attached hydrogen (secondary N) is 1. The maximum atomic E-state index is 12.1. The zero-order valence-electron chi connectivity index (χ0n) is 10.4. The summed E-state index contributed by atoms with van der Waals surface area (Å²) in [6.45, 7) is 8.49. The molecule has 2 nitrogen and oxygen atoms in total. The van der Waals surface area contributed by atoms with Crippen LogP contribution >= 0.6 is 7.92 Å². The molecule has 0 saturated carbocycles. The number of anilines is 1. The second kappa shape index (κ2) is 6.00. The third-order valence-electron chi connectivity index (χ3n) is 2.37. The van der Waals surface area contributed by atoms with Crippen molar-refractivity contribution in [1.82, 2.24) is 0 Å². The van der Waals surface area contributed by atoms with E-state index in [4.69, 9.17) is 0 Å². The van der Waals surface area contributed by atoms with E-state index in [2.05, 4.69) is 33.0 Å². The highest BCUT2D eigenvalue weighted by Gasteiger charge is 2.24. The van der Waals surface area contributed by atoms with Crippen molar-refractivity contribution in [3.63, 3.8) is 0 Å². The quantitative estimate of drug-likeness (QED) is 0.766. The Morgan fingerprint density at radius 2 is 1.56 bits per heavy atom. The van der Waals surface area contributed by atoms with Gasteiger partial charge in [-0.2, -0.15) is 0 Å². The lowest BCUT2D eigenvalue weighted by atomic mass is 10.3. The van der Waals surface area contributed by atoms with Gasteiger partial charge in [0.1, 0.15) is 0 Å². The van der Waals surface area contributed by atoms with E-state index in [0.717, 1.165) is 5.69 Å². The first-order chi connectivity index (χ1) is 7.52. The first-order valence-corrected chi connectivity index (χ1v) is 7.14. The van der Waals surface area contributed by atoms with Crippen LogP contribution in [0, 0.1) is 0 Å². The molecule has 1 aromatic carbocycles. The van der Waals surface area contributed by atoms with Crippen molar-refractivity contribution in [2.45, 2.75) is 39.0 Å². The molecule has 0 aliphatic heterocycles. The molecular weight excluding hydrogens is 217 g/mol. The summed E-state index contributed by atoms with van der Waals surface area (Å²) in [6, 6.07) is 9.66. The van der Waals surface area contributed by atoms with Gasteiger partial charge in [-0.25, -0.2) is 0 Å². The number of benzene rings is 1. The van der Waals surface area contributed by atoms with Gasteiger partial charge in [-0.15, -0.1) is 0 Å². The molecule has 1 aromatic rings. The van der Waals surface area contributed by atoms with Crippen LogP contribution in [0.3, 0.4) is 0 Å². The summed E-state index contributed by atoms with van der Waals surface area (Å²) in [4.78, 5) is 12.1. The van der Waals surface area contributed by atoms with Crippen molar-refractivity contribution in [3.05, 3.63) is 30.3 Å². The smallest absolute Gasteiger partial charge is 0.245 e. The normalized spacial score (nSPS) is 11.2. The van der Waals surface area contributed by atoms with E-state index in [-0.39, 0.29) is 5.65 Å². The Kier molecular flexibility index (Phi) is 4.95. The Balaban J connectivity index is 2.70. The van der Waals surface area contributed by atoms with Crippen molar-refractivity contribution in [3.8, 4) is 0 Å². The molecule has 0 fully saturated rings. The Morgan fingerprint density at radius 3 is 2.00 bits per heavy atom. The number of hydrogen-bond donors (Lipinski definition) is 1. The zero-order valence-corrected chi connectivity index (χ0v) is 11.3. The van der Waals surface area contributed by atoms with Gasteiger partial charge in [0.15, 0.2) is 0 Å². The molecule has 0 aliphatic rings. The minimum atomic E-state index is -0.614. The lowest BCUT2D eigenvalue weighted by Gasteiger charge is -2.24. The molecule has 0 unspecified atom stereocenters. The van der Waals surface area contributed by atoms with Crippen LogP contribution in [0.1, 0.15) is 27.7 Å². The minimum absolute atomic E-state index is 0.186. The van der Waals surface area contributed by atoms with Crippen LogP contribution in [0.15, 0.2) is 30.3 Å². The molecule has 16 heavy (non-hydrogen) atoms. The van der Waals surface area contributed by atoms with E-state index in [0.29, 0.717) is 11.3 Å². The van der Waals surface area contributed by atoms with Crippen LogP contribution in [0.2, 0.25) is 0 Å². The van der Waals surface area contributed by atoms with Gasteiger partial charge in [0.25, 0.3) is 0 Å². The van der Waals surface area contributed by atoms with Gasteiger partial charge >= 0.3 is 0 Å². The molecule has 3 heteroatoms. The second-order valence-electron chi connectivity index (χ2n) is 4.39. The Bertz CT molecular complexity index is 327. The molecule has 0 radical (unpaired) electrons. The largest absolute Gasteiger partial charge is 0.322 e. The second-order valence-corrected chi connectivity index (χ2v) is 7.68. The molecule has 88 valence electrons. The third kappa shape index (κ3) is 3.61. The van der Waals surface area contributed by atoms with E-state index in [1.54, 1.807) is 0 Å². The van der Waals surface area contributed by atoms with Gasteiger partial charge < -0.3 is 5.32 Å². The molecule has 0 atom stereocenters. The number of para-hydroxylation sites is 1.